The molecule has 1 saturated heterocycles. The largest absolute Gasteiger partial charge is 0.392 e. The highest BCUT2D eigenvalue weighted by atomic mass is 32.1. The Morgan fingerprint density at radius 2 is 1.78 bits per heavy atom. The summed E-state index contributed by atoms with van der Waals surface area (Å²) in [5.74, 6) is 0. The molecular weight excluding hydrogens is 248 g/mol. The van der Waals surface area contributed by atoms with Gasteiger partial charge in [-0.05, 0) is 23.3 Å². The van der Waals surface area contributed by atoms with Crippen LogP contribution in [0.1, 0.15) is 16.7 Å². The third-order valence-electron chi connectivity index (χ3n) is 2.90. The topological polar surface area (TPSA) is 38.7 Å². The van der Waals surface area contributed by atoms with E-state index in [4.69, 9.17) is 14.6 Å². The van der Waals surface area contributed by atoms with Gasteiger partial charge in [0.2, 0.25) is 0 Å². The Morgan fingerprint density at radius 1 is 1.06 bits per heavy atom. The van der Waals surface area contributed by atoms with Crippen LogP contribution in [0.2, 0.25) is 0 Å². The Hall–Kier alpha value is -1.20. The Kier molecular flexibility index (Phi) is 3.43. The van der Waals surface area contributed by atoms with Crippen LogP contribution >= 0.6 is 11.3 Å². The van der Waals surface area contributed by atoms with Crippen molar-refractivity contribution >= 4 is 11.3 Å². The highest BCUT2D eigenvalue weighted by molar-refractivity contribution is 7.15. The zero-order valence-electron chi connectivity index (χ0n) is 9.83. The standard InChI is InChI=1S/C14H14O3S/c15-9-10-1-3-11(4-2-10)12-5-6-13(18-12)14-16-7-8-17-14/h1-6,14-15H,7-9H2. The van der Waals surface area contributed by atoms with Crippen molar-refractivity contribution in [3.63, 3.8) is 0 Å². The van der Waals surface area contributed by atoms with Gasteiger partial charge in [0, 0.05) is 4.88 Å². The number of benzene rings is 1. The second kappa shape index (κ2) is 5.20. The molecule has 94 valence electrons. The maximum Gasteiger partial charge on any atom is 0.193 e. The van der Waals surface area contributed by atoms with Crippen molar-refractivity contribution in [2.75, 3.05) is 13.2 Å². The molecule has 1 aliphatic rings. The molecule has 3 nitrogen and oxygen atoms in total. The van der Waals surface area contributed by atoms with Crippen molar-refractivity contribution in [3.05, 3.63) is 46.8 Å². The van der Waals surface area contributed by atoms with Crippen LogP contribution in [0.5, 0.6) is 0 Å². The van der Waals surface area contributed by atoms with Crippen LogP contribution in [0.4, 0.5) is 0 Å². The third-order valence-corrected chi connectivity index (χ3v) is 4.06. The van der Waals surface area contributed by atoms with Crippen LogP contribution in [0.25, 0.3) is 10.4 Å². The molecule has 2 heterocycles. The fourth-order valence-electron chi connectivity index (χ4n) is 1.93. The number of ether oxygens (including phenoxy) is 2. The predicted molar refractivity (Wildman–Crippen MR) is 70.3 cm³/mol. The minimum absolute atomic E-state index is 0.0831. The van der Waals surface area contributed by atoms with Crippen LogP contribution in [0.3, 0.4) is 0 Å². The lowest BCUT2D eigenvalue weighted by Gasteiger charge is -2.05. The summed E-state index contributed by atoms with van der Waals surface area (Å²) in [6.45, 7) is 1.42. The highest BCUT2D eigenvalue weighted by Gasteiger charge is 2.20. The van der Waals surface area contributed by atoms with E-state index in [0.717, 1.165) is 16.0 Å². The Bertz CT molecular complexity index is 512. The number of aliphatic hydroxyl groups excluding tert-OH is 1. The van der Waals surface area contributed by atoms with E-state index in [1.807, 2.05) is 24.3 Å². The first-order valence-electron chi connectivity index (χ1n) is 5.90. The van der Waals surface area contributed by atoms with Gasteiger partial charge >= 0.3 is 0 Å². The Morgan fingerprint density at radius 3 is 2.44 bits per heavy atom. The van der Waals surface area contributed by atoms with Gasteiger partial charge in [-0.2, -0.15) is 0 Å². The van der Waals surface area contributed by atoms with Gasteiger partial charge in [0.1, 0.15) is 0 Å². The fraction of sp³-hybridized carbons (Fsp3) is 0.286. The molecule has 3 rings (SSSR count). The highest BCUT2D eigenvalue weighted by Crippen LogP contribution is 2.34. The van der Waals surface area contributed by atoms with Gasteiger partial charge in [-0.25, -0.2) is 0 Å². The van der Waals surface area contributed by atoms with Crippen molar-refractivity contribution in [3.8, 4) is 10.4 Å². The summed E-state index contributed by atoms with van der Waals surface area (Å²) in [6, 6.07) is 12.1. The lowest BCUT2D eigenvalue weighted by Crippen LogP contribution is -1.93. The van der Waals surface area contributed by atoms with Crippen molar-refractivity contribution in [1.82, 2.24) is 0 Å². The maximum atomic E-state index is 9.02. The first-order chi connectivity index (χ1) is 8.86. The molecular formula is C14H14O3S. The first kappa shape index (κ1) is 11.9. The molecule has 1 N–H and O–H groups in total. The first-order valence-corrected chi connectivity index (χ1v) is 6.71. The smallest absolute Gasteiger partial charge is 0.193 e. The summed E-state index contributed by atoms with van der Waals surface area (Å²) in [7, 11) is 0. The molecule has 0 saturated carbocycles. The summed E-state index contributed by atoms with van der Waals surface area (Å²) >= 11 is 1.68. The number of hydrogen-bond donors (Lipinski definition) is 1. The van der Waals surface area contributed by atoms with Crippen LogP contribution in [0, 0.1) is 0 Å². The molecule has 0 aliphatic carbocycles. The van der Waals surface area contributed by atoms with Gasteiger partial charge in [0.05, 0.1) is 24.7 Å². The van der Waals surface area contributed by atoms with Gasteiger partial charge in [0.25, 0.3) is 0 Å². The van der Waals surface area contributed by atoms with Gasteiger partial charge in [0.15, 0.2) is 6.29 Å². The van der Waals surface area contributed by atoms with Gasteiger partial charge in [-0.3, -0.25) is 0 Å². The van der Waals surface area contributed by atoms with E-state index in [9.17, 15) is 0 Å². The molecule has 1 aliphatic heterocycles. The molecule has 1 aromatic heterocycles. The van der Waals surface area contributed by atoms with Crippen molar-refractivity contribution < 1.29 is 14.6 Å². The second-order valence-corrected chi connectivity index (χ2v) is 5.25. The van der Waals surface area contributed by atoms with E-state index in [1.165, 1.54) is 4.88 Å². The summed E-state index contributed by atoms with van der Waals surface area (Å²) in [5.41, 5.74) is 2.08. The minimum atomic E-state index is -0.194. The number of aliphatic hydroxyl groups is 1. The van der Waals surface area contributed by atoms with Crippen LogP contribution in [0.15, 0.2) is 36.4 Å². The van der Waals surface area contributed by atoms with Crippen LogP contribution in [-0.4, -0.2) is 18.3 Å². The van der Waals surface area contributed by atoms with E-state index >= 15 is 0 Å². The van der Waals surface area contributed by atoms with E-state index in [1.54, 1.807) is 11.3 Å². The zero-order chi connectivity index (χ0) is 12.4. The molecule has 2 aromatic rings. The van der Waals surface area contributed by atoms with E-state index in [2.05, 4.69) is 12.1 Å². The van der Waals surface area contributed by atoms with Crippen molar-refractivity contribution in [2.24, 2.45) is 0 Å². The van der Waals surface area contributed by atoms with Crippen LogP contribution < -0.4 is 0 Å². The number of hydrogen-bond acceptors (Lipinski definition) is 4. The lowest BCUT2D eigenvalue weighted by atomic mass is 10.1. The summed E-state index contributed by atoms with van der Waals surface area (Å²) in [6.07, 6.45) is -0.194. The second-order valence-electron chi connectivity index (χ2n) is 4.13. The average Bonchev–Trinajstić information content (AvgIpc) is 3.09. The molecule has 0 bridgehead atoms. The maximum absolute atomic E-state index is 9.02. The van der Waals surface area contributed by atoms with Gasteiger partial charge in [-0.1, -0.05) is 24.3 Å². The fourth-order valence-corrected chi connectivity index (χ4v) is 2.94. The average molecular weight is 262 g/mol. The molecule has 1 aromatic carbocycles. The lowest BCUT2D eigenvalue weighted by molar-refractivity contribution is -0.0413. The Balaban J connectivity index is 1.82. The molecule has 1 fully saturated rings. The molecule has 18 heavy (non-hydrogen) atoms. The monoisotopic (exact) mass is 262 g/mol. The summed E-state index contributed by atoms with van der Waals surface area (Å²) < 4.78 is 11.0. The molecule has 0 atom stereocenters. The number of thiophene rings is 1. The predicted octanol–water partition coefficient (Wildman–Crippen LogP) is 2.95. The Labute approximate surface area is 110 Å². The van der Waals surface area contributed by atoms with Crippen LogP contribution in [-0.2, 0) is 16.1 Å². The van der Waals surface area contributed by atoms with E-state index in [-0.39, 0.29) is 12.9 Å². The number of rotatable bonds is 3. The van der Waals surface area contributed by atoms with Crippen molar-refractivity contribution in [2.45, 2.75) is 12.9 Å². The quantitative estimate of drug-likeness (QED) is 0.924. The van der Waals surface area contributed by atoms with Gasteiger partial charge in [-0.15, -0.1) is 11.3 Å². The van der Waals surface area contributed by atoms with E-state index in [0.29, 0.717) is 13.2 Å². The molecule has 0 spiro atoms. The zero-order valence-corrected chi connectivity index (χ0v) is 10.7. The summed E-state index contributed by atoms with van der Waals surface area (Å²) in [4.78, 5) is 2.29. The molecule has 0 radical (unpaired) electrons. The van der Waals surface area contributed by atoms with E-state index < -0.39 is 0 Å². The third kappa shape index (κ3) is 2.33. The minimum Gasteiger partial charge on any atom is -0.392 e. The van der Waals surface area contributed by atoms with Gasteiger partial charge < -0.3 is 14.6 Å². The SMILES string of the molecule is OCc1ccc(-c2ccc(C3OCCO3)s2)cc1. The molecule has 4 heteroatoms. The molecule has 0 unspecified atom stereocenters. The molecule has 0 amide bonds. The normalized spacial score (nSPS) is 16.3. The summed E-state index contributed by atoms with van der Waals surface area (Å²) in [5, 5.41) is 9.02. The van der Waals surface area contributed by atoms with Crippen molar-refractivity contribution in [1.29, 1.82) is 0 Å².